The number of aliphatic hydroxyl groups is 1. The average Bonchev–Trinajstić information content (AvgIpc) is 2.30. The maximum Gasteiger partial charge on any atom is 0.325 e. The third-order valence-electron chi connectivity index (χ3n) is 2.18. The fourth-order valence-electron chi connectivity index (χ4n) is 1.37. The first-order chi connectivity index (χ1) is 8.17. The minimum Gasteiger partial charge on any atom is -0.465 e. The number of anilines is 1. The first kappa shape index (κ1) is 13.8. The van der Waals surface area contributed by atoms with Crippen molar-refractivity contribution in [3.05, 3.63) is 28.8 Å². The lowest BCUT2D eigenvalue weighted by Crippen LogP contribution is -2.16. The molecule has 4 nitrogen and oxygen atoms in total. The fourth-order valence-corrected chi connectivity index (χ4v) is 1.64. The van der Waals surface area contributed by atoms with Gasteiger partial charge < -0.3 is 15.2 Å². The predicted octanol–water partition coefficient (Wildman–Crippen LogP) is 1.85. The van der Waals surface area contributed by atoms with E-state index in [0.29, 0.717) is 18.1 Å². The van der Waals surface area contributed by atoms with Gasteiger partial charge in [0.05, 0.1) is 6.61 Å². The number of esters is 1. The van der Waals surface area contributed by atoms with Gasteiger partial charge in [-0.2, -0.15) is 0 Å². The summed E-state index contributed by atoms with van der Waals surface area (Å²) < 4.78 is 4.79. The first-order valence-corrected chi connectivity index (χ1v) is 5.84. The van der Waals surface area contributed by atoms with Crippen LogP contribution in [0.4, 0.5) is 5.69 Å². The standard InChI is InChI=1S/C12H16ClNO3/c1-2-17-12(16)8-14-10-4-3-9(5-6-15)11(13)7-10/h3-4,7,14-15H,2,5-6,8H2,1H3. The van der Waals surface area contributed by atoms with Crippen molar-refractivity contribution in [3.8, 4) is 0 Å². The van der Waals surface area contributed by atoms with E-state index in [1.807, 2.05) is 12.1 Å². The molecule has 0 saturated carbocycles. The predicted molar refractivity (Wildman–Crippen MR) is 67.4 cm³/mol. The molecule has 2 N–H and O–H groups in total. The number of rotatable bonds is 6. The van der Waals surface area contributed by atoms with Crippen LogP contribution in [0.2, 0.25) is 5.02 Å². The zero-order valence-corrected chi connectivity index (χ0v) is 10.5. The summed E-state index contributed by atoms with van der Waals surface area (Å²) in [6.07, 6.45) is 0.525. The lowest BCUT2D eigenvalue weighted by atomic mass is 10.1. The van der Waals surface area contributed by atoms with E-state index in [1.165, 1.54) is 0 Å². The van der Waals surface area contributed by atoms with Crippen LogP contribution in [0.25, 0.3) is 0 Å². The molecular weight excluding hydrogens is 242 g/mol. The molecule has 0 amide bonds. The van der Waals surface area contributed by atoms with Crippen molar-refractivity contribution in [1.29, 1.82) is 0 Å². The average molecular weight is 258 g/mol. The molecule has 0 aliphatic heterocycles. The Morgan fingerprint density at radius 2 is 2.29 bits per heavy atom. The van der Waals surface area contributed by atoms with Gasteiger partial charge in [-0.15, -0.1) is 0 Å². The molecule has 0 unspecified atom stereocenters. The number of aliphatic hydroxyl groups excluding tert-OH is 1. The Kier molecular flexibility index (Phi) is 5.80. The van der Waals surface area contributed by atoms with E-state index in [9.17, 15) is 4.79 Å². The monoisotopic (exact) mass is 257 g/mol. The van der Waals surface area contributed by atoms with Gasteiger partial charge in [0.1, 0.15) is 6.54 Å². The Labute approximate surface area is 106 Å². The molecule has 94 valence electrons. The number of nitrogens with one attached hydrogen (secondary N) is 1. The summed E-state index contributed by atoms with van der Waals surface area (Å²) in [7, 11) is 0. The largest absolute Gasteiger partial charge is 0.465 e. The normalized spacial score (nSPS) is 10.1. The molecule has 0 bridgehead atoms. The summed E-state index contributed by atoms with van der Waals surface area (Å²) in [5.41, 5.74) is 1.64. The van der Waals surface area contributed by atoms with Crippen LogP contribution in [0.3, 0.4) is 0 Å². The Morgan fingerprint density at radius 3 is 2.88 bits per heavy atom. The third-order valence-corrected chi connectivity index (χ3v) is 2.53. The van der Waals surface area contributed by atoms with Gasteiger partial charge in [0.25, 0.3) is 0 Å². The number of halogens is 1. The molecule has 0 aliphatic rings. The van der Waals surface area contributed by atoms with Crippen molar-refractivity contribution in [2.24, 2.45) is 0 Å². The number of hydrogen-bond donors (Lipinski definition) is 2. The molecule has 1 aromatic rings. The SMILES string of the molecule is CCOC(=O)CNc1ccc(CCO)c(Cl)c1. The van der Waals surface area contributed by atoms with Crippen LogP contribution in [0.5, 0.6) is 0 Å². The number of benzene rings is 1. The summed E-state index contributed by atoms with van der Waals surface area (Å²) in [4.78, 5) is 11.1. The fraction of sp³-hybridized carbons (Fsp3) is 0.417. The molecule has 0 aliphatic carbocycles. The molecule has 0 fully saturated rings. The maximum atomic E-state index is 11.1. The molecule has 0 atom stereocenters. The lowest BCUT2D eigenvalue weighted by molar-refractivity contribution is -0.140. The van der Waals surface area contributed by atoms with E-state index < -0.39 is 0 Å². The van der Waals surface area contributed by atoms with Crippen LogP contribution in [-0.4, -0.2) is 30.8 Å². The number of carbonyl (C=O) groups excluding carboxylic acids is 1. The van der Waals surface area contributed by atoms with Crippen molar-refractivity contribution < 1.29 is 14.6 Å². The van der Waals surface area contributed by atoms with E-state index in [0.717, 1.165) is 11.3 Å². The second-order valence-electron chi connectivity index (χ2n) is 3.44. The van der Waals surface area contributed by atoms with Crippen molar-refractivity contribution >= 4 is 23.3 Å². The van der Waals surface area contributed by atoms with Gasteiger partial charge in [0.2, 0.25) is 0 Å². The van der Waals surface area contributed by atoms with Gasteiger partial charge in [-0.05, 0) is 31.0 Å². The van der Waals surface area contributed by atoms with Crippen LogP contribution in [-0.2, 0) is 16.0 Å². The van der Waals surface area contributed by atoms with Gasteiger partial charge in [-0.3, -0.25) is 4.79 Å². The molecule has 0 aromatic heterocycles. The van der Waals surface area contributed by atoms with E-state index in [1.54, 1.807) is 13.0 Å². The van der Waals surface area contributed by atoms with Crippen molar-refractivity contribution in [2.45, 2.75) is 13.3 Å². The molecule has 17 heavy (non-hydrogen) atoms. The highest BCUT2D eigenvalue weighted by Gasteiger charge is 2.04. The molecule has 5 heteroatoms. The smallest absolute Gasteiger partial charge is 0.325 e. The molecule has 0 saturated heterocycles. The lowest BCUT2D eigenvalue weighted by Gasteiger charge is -2.08. The van der Waals surface area contributed by atoms with E-state index in [4.69, 9.17) is 21.4 Å². The highest BCUT2D eigenvalue weighted by atomic mass is 35.5. The van der Waals surface area contributed by atoms with Gasteiger partial charge in [-0.1, -0.05) is 17.7 Å². The minimum atomic E-state index is -0.303. The molecular formula is C12H16ClNO3. The van der Waals surface area contributed by atoms with E-state index in [2.05, 4.69) is 5.32 Å². The quantitative estimate of drug-likeness (QED) is 0.764. The molecule has 0 radical (unpaired) electrons. The van der Waals surface area contributed by atoms with Crippen LogP contribution < -0.4 is 5.32 Å². The summed E-state index contributed by atoms with van der Waals surface area (Å²) in [6.45, 7) is 2.31. The summed E-state index contributed by atoms with van der Waals surface area (Å²) in [5.74, 6) is -0.303. The summed E-state index contributed by atoms with van der Waals surface area (Å²) in [5, 5.41) is 12.3. The van der Waals surface area contributed by atoms with E-state index >= 15 is 0 Å². The highest BCUT2D eigenvalue weighted by molar-refractivity contribution is 6.31. The van der Waals surface area contributed by atoms with Crippen molar-refractivity contribution in [2.75, 3.05) is 25.1 Å². The molecule has 0 heterocycles. The maximum absolute atomic E-state index is 11.1. The van der Waals surface area contributed by atoms with Crippen LogP contribution >= 0.6 is 11.6 Å². The second kappa shape index (κ2) is 7.14. The number of hydrogen-bond acceptors (Lipinski definition) is 4. The van der Waals surface area contributed by atoms with Gasteiger partial charge >= 0.3 is 5.97 Å². The zero-order valence-electron chi connectivity index (χ0n) is 9.70. The molecule has 1 aromatic carbocycles. The highest BCUT2D eigenvalue weighted by Crippen LogP contribution is 2.21. The molecule has 0 spiro atoms. The van der Waals surface area contributed by atoms with Crippen LogP contribution in [0.15, 0.2) is 18.2 Å². The van der Waals surface area contributed by atoms with Gasteiger partial charge in [0, 0.05) is 17.3 Å². The second-order valence-corrected chi connectivity index (χ2v) is 3.85. The van der Waals surface area contributed by atoms with Gasteiger partial charge in [0.15, 0.2) is 0 Å². The van der Waals surface area contributed by atoms with E-state index in [-0.39, 0.29) is 19.1 Å². The summed E-state index contributed by atoms with van der Waals surface area (Å²) >= 11 is 6.02. The summed E-state index contributed by atoms with van der Waals surface area (Å²) in [6, 6.07) is 5.37. The van der Waals surface area contributed by atoms with Gasteiger partial charge in [-0.25, -0.2) is 0 Å². The van der Waals surface area contributed by atoms with Crippen molar-refractivity contribution in [1.82, 2.24) is 0 Å². The topological polar surface area (TPSA) is 58.6 Å². The number of ether oxygens (including phenoxy) is 1. The zero-order chi connectivity index (χ0) is 12.7. The number of carbonyl (C=O) groups is 1. The Bertz CT molecular complexity index is 382. The third kappa shape index (κ3) is 4.63. The molecule has 1 rings (SSSR count). The Balaban J connectivity index is 2.55. The Hall–Kier alpha value is -1.26. The minimum absolute atomic E-state index is 0.0648. The van der Waals surface area contributed by atoms with Crippen molar-refractivity contribution in [3.63, 3.8) is 0 Å². The first-order valence-electron chi connectivity index (χ1n) is 5.46. The van der Waals surface area contributed by atoms with Crippen LogP contribution in [0.1, 0.15) is 12.5 Å². The van der Waals surface area contributed by atoms with Crippen LogP contribution in [0, 0.1) is 0 Å². The Morgan fingerprint density at radius 1 is 1.53 bits per heavy atom.